The van der Waals surface area contributed by atoms with Crippen LogP contribution in [0.3, 0.4) is 0 Å². The second kappa shape index (κ2) is 10.4. The van der Waals surface area contributed by atoms with Gasteiger partial charge in [0.1, 0.15) is 12.7 Å². The number of carbonyl (C=O) groups excluding carboxylic acids is 3. The van der Waals surface area contributed by atoms with Crippen LogP contribution < -0.4 is 0 Å². The molecule has 0 aromatic carbocycles. The van der Waals surface area contributed by atoms with E-state index in [9.17, 15) is 14.4 Å². The highest BCUT2D eigenvalue weighted by atomic mass is 16.9. The van der Waals surface area contributed by atoms with Crippen molar-refractivity contribution in [2.75, 3.05) is 6.61 Å². The van der Waals surface area contributed by atoms with E-state index in [2.05, 4.69) is 11.6 Å². The van der Waals surface area contributed by atoms with Crippen molar-refractivity contribution in [2.24, 2.45) is 0 Å². The standard InChI is InChI=1S/C22H27NO10/c1-6-16-8-7-15(9-23-16)10-28-22(5)32-20-19(30-14(4)26)18(29-13(3)25)17(11-27-12(2)24)31-21(20)33-22/h6-9,17-21H,1,10-11H2,2-5H3/t17?,18-,19+,20?,21-,22?/m1/s1. The maximum absolute atomic E-state index is 11.8. The highest BCUT2D eigenvalue weighted by molar-refractivity contribution is 5.68. The van der Waals surface area contributed by atoms with Crippen molar-refractivity contribution in [1.82, 2.24) is 4.98 Å². The molecule has 3 heterocycles. The van der Waals surface area contributed by atoms with Crippen molar-refractivity contribution in [3.63, 3.8) is 0 Å². The summed E-state index contributed by atoms with van der Waals surface area (Å²) >= 11 is 0. The minimum absolute atomic E-state index is 0.100. The molecule has 180 valence electrons. The van der Waals surface area contributed by atoms with Crippen molar-refractivity contribution >= 4 is 24.0 Å². The molecule has 0 aliphatic carbocycles. The summed E-state index contributed by atoms with van der Waals surface area (Å²) in [4.78, 5) is 39.0. The smallest absolute Gasteiger partial charge is 0.303 e. The summed E-state index contributed by atoms with van der Waals surface area (Å²) in [6.07, 6.45) is -1.93. The summed E-state index contributed by atoms with van der Waals surface area (Å²) < 4.78 is 39.3. The van der Waals surface area contributed by atoms with Gasteiger partial charge in [0.15, 0.2) is 24.6 Å². The Morgan fingerprint density at radius 2 is 1.79 bits per heavy atom. The van der Waals surface area contributed by atoms with E-state index in [4.69, 9.17) is 33.2 Å². The fourth-order valence-corrected chi connectivity index (χ4v) is 3.50. The van der Waals surface area contributed by atoms with E-state index in [1.54, 1.807) is 18.3 Å². The molecule has 33 heavy (non-hydrogen) atoms. The molecule has 0 saturated carbocycles. The van der Waals surface area contributed by atoms with Crippen LogP contribution in [0.2, 0.25) is 0 Å². The minimum Gasteiger partial charge on any atom is -0.463 e. The fraction of sp³-hybridized carbons (Fsp3) is 0.545. The molecule has 0 spiro atoms. The second-order valence-electron chi connectivity index (χ2n) is 7.64. The number of esters is 3. The molecular formula is C22H27NO10. The molecule has 2 saturated heterocycles. The quantitative estimate of drug-likeness (QED) is 0.409. The van der Waals surface area contributed by atoms with Gasteiger partial charge in [0.2, 0.25) is 0 Å². The molecule has 2 fully saturated rings. The number of hydrogen-bond acceptors (Lipinski definition) is 11. The first-order valence-electron chi connectivity index (χ1n) is 10.3. The molecule has 0 amide bonds. The molecule has 3 rings (SSSR count). The summed E-state index contributed by atoms with van der Waals surface area (Å²) in [6, 6.07) is 3.60. The third kappa shape index (κ3) is 6.35. The van der Waals surface area contributed by atoms with Crippen LogP contribution in [0.15, 0.2) is 24.9 Å². The Bertz CT molecular complexity index is 888. The molecular weight excluding hydrogens is 438 g/mol. The molecule has 2 aliphatic heterocycles. The van der Waals surface area contributed by atoms with Crippen LogP contribution in [0.5, 0.6) is 0 Å². The van der Waals surface area contributed by atoms with Gasteiger partial charge in [0, 0.05) is 33.9 Å². The lowest BCUT2D eigenvalue weighted by Gasteiger charge is -2.40. The number of fused-ring (bicyclic) bond motifs is 1. The maximum Gasteiger partial charge on any atom is 0.303 e. The second-order valence-corrected chi connectivity index (χ2v) is 7.64. The molecule has 2 aliphatic rings. The van der Waals surface area contributed by atoms with Gasteiger partial charge in [-0.15, -0.1) is 0 Å². The highest BCUT2D eigenvalue weighted by Gasteiger charge is 2.59. The lowest BCUT2D eigenvalue weighted by molar-refractivity contribution is -0.349. The lowest BCUT2D eigenvalue weighted by Crippen LogP contribution is -2.60. The Labute approximate surface area is 190 Å². The summed E-state index contributed by atoms with van der Waals surface area (Å²) in [5.41, 5.74) is 1.48. The van der Waals surface area contributed by atoms with Crippen LogP contribution >= 0.6 is 0 Å². The largest absolute Gasteiger partial charge is 0.463 e. The summed E-state index contributed by atoms with van der Waals surface area (Å²) in [6.45, 7) is 8.68. The van der Waals surface area contributed by atoms with Crippen molar-refractivity contribution in [3.05, 3.63) is 36.2 Å². The minimum atomic E-state index is -1.57. The molecule has 3 unspecified atom stereocenters. The van der Waals surface area contributed by atoms with Crippen molar-refractivity contribution in [2.45, 2.75) is 71.0 Å². The highest BCUT2D eigenvalue weighted by Crippen LogP contribution is 2.40. The number of ether oxygens (including phenoxy) is 7. The van der Waals surface area contributed by atoms with Gasteiger partial charge in [-0.3, -0.25) is 24.1 Å². The molecule has 11 heteroatoms. The van der Waals surface area contributed by atoms with Gasteiger partial charge < -0.3 is 28.4 Å². The van der Waals surface area contributed by atoms with Crippen molar-refractivity contribution < 1.29 is 47.5 Å². The third-order valence-corrected chi connectivity index (χ3v) is 4.88. The monoisotopic (exact) mass is 465 g/mol. The number of pyridine rings is 1. The topological polar surface area (TPSA) is 129 Å². The zero-order valence-electron chi connectivity index (χ0n) is 18.8. The van der Waals surface area contributed by atoms with Crippen LogP contribution in [0.1, 0.15) is 39.0 Å². The molecule has 0 bridgehead atoms. The van der Waals surface area contributed by atoms with Gasteiger partial charge in [-0.25, -0.2) is 0 Å². The fourth-order valence-electron chi connectivity index (χ4n) is 3.50. The molecule has 6 atom stereocenters. The van der Waals surface area contributed by atoms with Gasteiger partial charge in [-0.05, 0) is 17.7 Å². The van der Waals surface area contributed by atoms with Crippen molar-refractivity contribution in [3.8, 4) is 0 Å². The molecule has 0 N–H and O–H groups in total. The summed E-state index contributed by atoms with van der Waals surface area (Å²) in [5, 5.41) is 0. The summed E-state index contributed by atoms with van der Waals surface area (Å²) in [7, 11) is 0. The Hall–Kier alpha value is -2.86. The van der Waals surface area contributed by atoms with Crippen LogP contribution in [-0.2, 0) is 54.1 Å². The first kappa shape index (κ1) is 24.8. The van der Waals surface area contributed by atoms with Crippen LogP contribution in [0, 0.1) is 0 Å². The number of rotatable bonds is 8. The molecule has 1 aromatic rings. The SMILES string of the molecule is C=Cc1ccc(COC2(C)OC3[C@H](OC(COC(C)=O)[C@@H](OC(C)=O)[C@@H]3OC(C)=O)O2)cn1. The molecule has 0 radical (unpaired) electrons. The van der Waals surface area contributed by atoms with Gasteiger partial charge in [-0.2, -0.15) is 0 Å². The number of aromatic nitrogens is 1. The van der Waals surface area contributed by atoms with E-state index < -0.39 is 54.6 Å². The zero-order valence-corrected chi connectivity index (χ0v) is 18.8. The Kier molecular flexibility index (Phi) is 7.80. The van der Waals surface area contributed by atoms with Gasteiger partial charge >= 0.3 is 17.9 Å². The Morgan fingerprint density at radius 3 is 2.36 bits per heavy atom. The maximum atomic E-state index is 11.8. The number of hydrogen-bond donors (Lipinski definition) is 0. The zero-order chi connectivity index (χ0) is 24.2. The predicted octanol–water partition coefficient (Wildman–Crippen LogP) is 1.48. The average molecular weight is 465 g/mol. The van der Waals surface area contributed by atoms with E-state index in [0.29, 0.717) is 0 Å². The van der Waals surface area contributed by atoms with Crippen LogP contribution in [0.25, 0.3) is 6.08 Å². The van der Waals surface area contributed by atoms with Gasteiger partial charge in [-0.1, -0.05) is 12.6 Å². The third-order valence-electron chi connectivity index (χ3n) is 4.88. The number of nitrogens with zero attached hydrogens (tertiary/aromatic N) is 1. The normalized spacial score (nSPS) is 30.7. The first-order valence-corrected chi connectivity index (χ1v) is 10.3. The predicted molar refractivity (Wildman–Crippen MR) is 110 cm³/mol. The number of carbonyl (C=O) groups is 3. The Balaban J connectivity index is 1.78. The van der Waals surface area contributed by atoms with E-state index in [-0.39, 0.29) is 13.2 Å². The lowest BCUT2D eigenvalue weighted by atomic mass is 9.98. The van der Waals surface area contributed by atoms with E-state index in [0.717, 1.165) is 11.3 Å². The van der Waals surface area contributed by atoms with Crippen LogP contribution in [-0.4, -0.2) is 66.2 Å². The Morgan fingerprint density at radius 1 is 1.09 bits per heavy atom. The van der Waals surface area contributed by atoms with E-state index in [1.165, 1.54) is 27.7 Å². The average Bonchev–Trinajstić information content (AvgIpc) is 3.09. The van der Waals surface area contributed by atoms with Crippen LogP contribution in [0.4, 0.5) is 0 Å². The van der Waals surface area contributed by atoms with Gasteiger partial charge in [0.05, 0.1) is 12.3 Å². The molecule has 11 nitrogen and oxygen atoms in total. The molecule has 1 aromatic heterocycles. The van der Waals surface area contributed by atoms with Crippen molar-refractivity contribution in [1.29, 1.82) is 0 Å². The van der Waals surface area contributed by atoms with E-state index in [1.807, 2.05) is 6.07 Å². The van der Waals surface area contributed by atoms with Gasteiger partial charge in [0.25, 0.3) is 5.97 Å². The first-order chi connectivity index (χ1) is 15.6. The van der Waals surface area contributed by atoms with E-state index >= 15 is 0 Å². The summed E-state index contributed by atoms with van der Waals surface area (Å²) in [5.74, 6) is -3.39.